The van der Waals surface area contributed by atoms with Crippen molar-refractivity contribution >= 4 is 11.9 Å². The molecule has 98 valence electrons. The standard InChI is InChI=1S/C11H19NO5/c1-8(13)12-9(11(14)15-2)7-17-10-5-3-4-6-16-10/h9-10H,3-7H2,1-2H3,(H,12,13)/t9-,10?/m0/s1. The fourth-order valence-corrected chi connectivity index (χ4v) is 1.60. The summed E-state index contributed by atoms with van der Waals surface area (Å²) in [5.41, 5.74) is 0. The average molecular weight is 245 g/mol. The maximum Gasteiger partial charge on any atom is 0.330 e. The van der Waals surface area contributed by atoms with Crippen molar-refractivity contribution < 1.29 is 23.8 Å². The molecule has 0 saturated carbocycles. The van der Waals surface area contributed by atoms with E-state index in [0.29, 0.717) is 6.61 Å². The summed E-state index contributed by atoms with van der Waals surface area (Å²) in [7, 11) is 1.27. The lowest BCUT2D eigenvalue weighted by Gasteiger charge is -2.24. The second-order valence-corrected chi connectivity index (χ2v) is 3.91. The van der Waals surface area contributed by atoms with Crippen molar-refractivity contribution in [1.82, 2.24) is 5.32 Å². The van der Waals surface area contributed by atoms with E-state index in [1.54, 1.807) is 0 Å². The monoisotopic (exact) mass is 245 g/mol. The molecule has 6 nitrogen and oxygen atoms in total. The van der Waals surface area contributed by atoms with Crippen molar-refractivity contribution in [3.05, 3.63) is 0 Å². The van der Waals surface area contributed by atoms with Crippen molar-refractivity contribution in [3.63, 3.8) is 0 Å². The van der Waals surface area contributed by atoms with Gasteiger partial charge in [0.2, 0.25) is 5.91 Å². The van der Waals surface area contributed by atoms with E-state index in [1.165, 1.54) is 14.0 Å². The van der Waals surface area contributed by atoms with Crippen molar-refractivity contribution in [3.8, 4) is 0 Å². The Labute approximate surface area is 101 Å². The molecule has 17 heavy (non-hydrogen) atoms. The Bertz CT molecular complexity index is 263. The minimum absolute atomic E-state index is 0.0664. The minimum atomic E-state index is -0.775. The molecule has 1 N–H and O–H groups in total. The molecule has 0 bridgehead atoms. The summed E-state index contributed by atoms with van der Waals surface area (Å²) in [4.78, 5) is 22.3. The van der Waals surface area contributed by atoms with Crippen LogP contribution in [0.4, 0.5) is 0 Å². The summed E-state index contributed by atoms with van der Waals surface area (Å²) in [6.45, 7) is 2.08. The first-order chi connectivity index (χ1) is 8.13. The summed E-state index contributed by atoms with van der Waals surface area (Å²) in [5, 5.41) is 2.48. The first kappa shape index (κ1) is 13.9. The molecule has 1 heterocycles. The van der Waals surface area contributed by atoms with Gasteiger partial charge in [0.05, 0.1) is 13.7 Å². The molecule has 0 aromatic rings. The zero-order chi connectivity index (χ0) is 12.7. The molecule has 1 aliphatic rings. The zero-order valence-electron chi connectivity index (χ0n) is 10.2. The number of carbonyl (C=O) groups is 2. The molecule has 1 unspecified atom stereocenters. The van der Waals surface area contributed by atoms with Gasteiger partial charge in [-0.25, -0.2) is 4.79 Å². The second-order valence-electron chi connectivity index (χ2n) is 3.91. The highest BCUT2D eigenvalue weighted by Gasteiger charge is 2.23. The summed E-state index contributed by atoms with van der Waals surface area (Å²) >= 11 is 0. The number of methoxy groups -OCH3 is 1. The van der Waals surface area contributed by atoms with Crippen LogP contribution in [0.25, 0.3) is 0 Å². The van der Waals surface area contributed by atoms with Gasteiger partial charge in [-0.15, -0.1) is 0 Å². The Hall–Kier alpha value is -1.14. The average Bonchev–Trinajstić information content (AvgIpc) is 2.34. The van der Waals surface area contributed by atoms with Crippen LogP contribution in [0.5, 0.6) is 0 Å². The fourth-order valence-electron chi connectivity index (χ4n) is 1.60. The Morgan fingerprint density at radius 3 is 2.76 bits per heavy atom. The maximum atomic E-state index is 11.4. The van der Waals surface area contributed by atoms with E-state index in [1.807, 2.05) is 0 Å². The Balaban J connectivity index is 2.36. The SMILES string of the molecule is COC(=O)[C@H](COC1CCCCO1)NC(C)=O. The first-order valence-electron chi connectivity index (χ1n) is 5.71. The molecule has 2 atom stereocenters. The summed E-state index contributed by atoms with van der Waals surface area (Å²) in [6.07, 6.45) is 2.61. The second kappa shape index (κ2) is 7.24. The van der Waals surface area contributed by atoms with Crippen molar-refractivity contribution in [2.24, 2.45) is 0 Å². The van der Waals surface area contributed by atoms with E-state index in [4.69, 9.17) is 9.47 Å². The van der Waals surface area contributed by atoms with Crippen molar-refractivity contribution in [2.45, 2.75) is 38.5 Å². The third-order valence-corrected chi connectivity index (χ3v) is 2.45. The molecule has 6 heteroatoms. The summed E-state index contributed by atoms with van der Waals surface area (Å²) < 4.78 is 15.4. The molecule has 1 aliphatic heterocycles. The third kappa shape index (κ3) is 5.14. The number of ether oxygens (including phenoxy) is 3. The number of hydrogen-bond donors (Lipinski definition) is 1. The quantitative estimate of drug-likeness (QED) is 0.701. The lowest BCUT2D eigenvalue weighted by Crippen LogP contribution is -2.44. The van der Waals surface area contributed by atoms with Crippen LogP contribution in [-0.2, 0) is 23.8 Å². The van der Waals surface area contributed by atoms with E-state index in [-0.39, 0.29) is 18.8 Å². The van der Waals surface area contributed by atoms with Crippen LogP contribution in [0, 0.1) is 0 Å². The molecule has 0 spiro atoms. The van der Waals surface area contributed by atoms with Gasteiger partial charge in [-0.1, -0.05) is 0 Å². The lowest BCUT2D eigenvalue weighted by atomic mass is 10.2. The molecule has 1 saturated heterocycles. The van der Waals surface area contributed by atoms with Crippen molar-refractivity contribution in [1.29, 1.82) is 0 Å². The van der Waals surface area contributed by atoms with Gasteiger partial charge in [-0.05, 0) is 19.3 Å². The molecule has 1 rings (SSSR count). The molecular weight excluding hydrogens is 226 g/mol. The zero-order valence-corrected chi connectivity index (χ0v) is 10.2. The van der Waals surface area contributed by atoms with Gasteiger partial charge in [-0.2, -0.15) is 0 Å². The molecular formula is C11H19NO5. The van der Waals surface area contributed by atoms with Gasteiger partial charge in [0, 0.05) is 13.5 Å². The van der Waals surface area contributed by atoms with Crippen molar-refractivity contribution in [2.75, 3.05) is 20.3 Å². The highest BCUT2D eigenvalue weighted by molar-refractivity contribution is 5.83. The highest BCUT2D eigenvalue weighted by Crippen LogP contribution is 2.13. The van der Waals surface area contributed by atoms with Crippen LogP contribution < -0.4 is 5.32 Å². The summed E-state index contributed by atoms with van der Waals surface area (Å²) in [6, 6.07) is -0.775. The number of rotatable bonds is 5. The van der Waals surface area contributed by atoms with Crippen LogP contribution in [0.1, 0.15) is 26.2 Å². The minimum Gasteiger partial charge on any atom is -0.467 e. The fraction of sp³-hybridized carbons (Fsp3) is 0.818. The van der Waals surface area contributed by atoms with Gasteiger partial charge in [0.1, 0.15) is 0 Å². The van der Waals surface area contributed by atoms with Crippen LogP contribution in [0.3, 0.4) is 0 Å². The van der Waals surface area contributed by atoms with E-state index in [9.17, 15) is 9.59 Å². The lowest BCUT2D eigenvalue weighted by molar-refractivity contribution is -0.173. The van der Waals surface area contributed by atoms with E-state index in [2.05, 4.69) is 10.1 Å². The molecule has 0 radical (unpaired) electrons. The van der Waals surface area contributed by atoms with E-state index >= 15 is 0 Å². The topological polar surface area (TPSA) is 73.9 Å². The van der Waals surface area contributed by atoms with E-state index < -0.39 is 12.0 Å². The number of nitrogens with one attached hydrogen (secondary N) is 1. The Kier molecular flexibility index (Phi) is 5.93. The van der Waals surface area contributed by atoms with Crippen LogP contribution >= 0.6 is 0 Å². The van der Waals surface area contributed by atoms with Gasteiger partial charge in [-0.3, -0.25) is 4.79 Å². The summed E-state index contributed by atoms with van der Waals surface area (Å²) in [5.74, 6) is -0.815. The highest BCUT2D eigenvalue weighted by atomic mass is 16.7. The number of esters is 1. The molecule has 0 aromatic heterocycles. The van der Waals surface area contributed by atoms with Gasteiger partial charge in [0.25, 0.3) is 0 Å². The predicted octanol–water partition coefficient (Wildman–Crippen LogP) is 0.207. The maximum absolute atomic E-state index is 11.4. The Morgan fingerprint density at radius 1 is 1.47 bits per heavy atom. The number of hydrogen-bond acceptors (Lipinski definition) is 5. The smallest absolute Gasteiger partial charge is 0.330 e. The van der Waals surface area contributed by atoms with Crippen LogP contribution in [-0.4, -0.2) is 44.5 Å². The van der Waals surface area contributed by atoms with E-state index in [0.717, 1.165) is 19.3 Å². The van der Waals surface area contributed by atoms with Crippen LogP contribution in [0.15, 0.2) is 0 Å². The molecule has 1 amide bonds. The number of amides is 1. The molecule has 0 aliphatic carbocycles. The van der Waals surface area contributed by atoms with Crippen LogP contribution in [0.2, 0.25) is 0 Å². The Morgan fingerprint density at radius 2 is 2.24 bits per heavy atom. The predicted molar refractivity (Wildman–Crippen MR) is 59.2 cm³/mol. The molecule has 0 aromatic carbocycles. The first-order valence-corrected chi connectivity index (χ1v) is 5.71. The van der Waals surface area contributed by atoms with Gasteiger partial charge >= 0.3 is 5.97 Å². The largest absolute Gasteiger partial charge is 0.467 e. The van der Waals surface area contributed by atoms with Gasteiger partial charge in [0.15, 0.2) is 12.3 Å². The van der Waals surface area contributed by atoms with Gasteiger partial charge < -0.3 is 19.5 Å². The number of carbonyl (C=O) groups excluding carboxylic acids is 2. The normalized spacial score (nSPS) is 21.6. The third-order valence-electron chi connectivity index (χ3n) is 2.45. The molecule has 1 fully saturated rings.